The van der Waals surface area contributed by atoms with Gasteiger partial charge in [0, 0.05) is 30.9 Å². The summed E-state index contributed by atoms with van der Waals surface area (Å²) >= 11 is 0. The second-order valence-corrected chi connectivity index (χ2v) is 6.47. The number of urea groups is 1. The number of carbonyl (C=O) groups is 2. The van der Waals surface area contributed by atoms with Crippen LogP contribution in [0, 0.1) is 11.7 Å². The molecule has 1 fully saturated rings. The third-order valence-corrected chi connectivity index (χ3v) is 4.25. The summed E-state index contributed by atoms with van der Waals surface area (Å²) in [5.74, 6) is -2.89. The molecule has 7 nitrogen and oxygen atoms in total. The summed E-state index contributed by atoms with van der Waals surface area (Å²) in [6.45, 7) is 2.24. The van der Waals surface area contributed by atoms with E-state index in [2.05, 4.69) is 15.4 Å². The first kappa shape index (κ1) is 21.7. The van der Waals surface area contributed by atoms with Crippen LogP contribution in [0.4, 0.5) is 28.0 Å². The molecular formula is C17H21F4N3O4. The van der Waals surface area contributed by atoms with E-state index in [1.165, 1.54) is 0 Å². The van der Waals surface area contributed by atoms with Crippen molar-refractivity contribution in [3.63, 3.8) is 0 Å². The summed E-state index contributed by atoms with van der Waals surface area (Å²) in [7, 11) is 0. The Morgan fingerprint density at radius 2 is 1.96 bits per heavy atom. The number of aliphatic hydroxyl groups excluding tert-OH is 1. The van der Waals surface area contributed by atoms with Crippen molar-refractivity contribution >= 4 is 17.6 Å². The number of nitrogens with zero attached hydrogens (tertiary/aromatic N) is 1. The van der Waals surface area contributed by atoms with E-state index in [4.69, 9.17) is 5.11 Å². The Kier molecular flexibility index (Phi) is 7.05. The van der Waals surface area contributed by atoms with Gasteiger partial charge in [-0.05, 0) is 25.0 Å². The van der Waals surface area contributed by atoms with Gasteiger partial charge in [-0.25, -0.2) is 9.18 Å². The molecule has 1 heterocycles. The highest BCUT2D eigenvalue weighted by Gasteiger charge is 2.32. The predicted molar refractivity (Wildman–Crippen MR) is 91.1 cm³/mol. The molecule has 3 amide bonds. The molecule has 1 aliphatic heterocycles. The van der Waals surface area contributed by atoms with Gasteiger partial charge >= 0.3 is 12.4 Å². The second-order valence-electron chi connectivity index (χ2n) is 6.47. The van der Waals surface area contributed by atoms with Gasteiger partial charge in [0.05, 0.1) is 12.5 Å². The normalized spacial score (nSPS) is 16.4. The van der Waals surface area contributed by atoms with Crippen molar-refractivity contribution in [3.8, 4) is 5.75 Å². The Hall–Kier alpha value is -2.56. The Balaban J connectivity index is 1.83. The Bertz CT molecular complexity index is 706. The quantitative estimate of drug-likeness (QED) is 0.654. The number of alkyl halides is 3. The van der Waals surface area contributed by atoms with Gasteiger partial charge < -0.3 is 25.4 Å². The highest BCUT2D eigenvalue weighted by Crippen LogP contribution is 2.27. The number of ether oxygens (including phenoxy) is 1. The molecule has 2 rings (SSSR count). The van der Waals surface area contributed by atoms with Crippen molar-refractivity contribution in [3.05, 3.63) is 24.0 Å². The lowest BCUT2D eigenvalue weighted by molar-refractivity contribution is -0.275. The van der Waals surface area contributed by atoms with Gasteiger partial charge in [-0.3, -0.25) is 4.79 Å². The van der Waals surface area contributed by atoms with Gasteiger partial charge in [0.15, 0.2) is 11.6 Å². The molecule has 1 saturated heterocycles. The van der Waals surface area contributed by atoms with E-state index in [0.717, 1.165) is 18.2 Å². The summed E-state index contributed by atoms with van der Waals surface area (Å²) < 4.78 is 53.6. The Labute approximate surface area is 158 Å². The first-order valence-electron chi connectivity index (χ1n) is 8.61. The number of halogens is 4. The molecule has 0 aromatic heterocycles. The maximum Gasteiger partial charge on any atom is 0.573 e. The van der Waals surface area contributed by atoms with Crippen LogP contribution in [0.3, 0.4) is 0 Å². The first-order chi connectivity index (χ1) is 13.1. The highest BCUT2D eigenvalue weighted by molar-refractivity contribution is 5.89. The van der Waals surface area contributed by atoms with E-state index in [1.54, 1.807) is 11.8 Å². The molecule has 0 saturated carbocycles. The molecule has 28 heavy (non-hydrogen) atoms. The number of amides is 3. The summed E-state index contributed by atoms with van der Waals surface area (Å²) in [6.07, 6.45) is -4.01. The minimum Gasteiger partial charge on any atom is -0.403 e. The zero-order valence-electron chi connectivity index (χ0n) is 15.1. The Morgan fingerprint density at radius 3 is 2.50 bits per heavy atom. The standard InChI is InChI=1S/C17H21F4N3O4/c1-10(9-25)15(26)24-6-4-11(5-7-24)22-16(27)23-12-2-3-14(13(18)8-12)28-17(19,20)21/h2-3,8,10-11,25H,4-7,9H2,1H3,(H2,22,23,27)/t10-/m0/s1. The molecule has 0 spiro atoms. The van der Waals surface area contributed by atoms with Crippen molar-refractivity contribution in [2.45, 2.75) is 32.2 Å². The summed E-state index contributed by atoms with van der Waals surface area (Å²) in [4.78, 5) is 25.6. The van der Waals surface area contributed by atoms with Crippen LogP contribution in [-0.4, -0.2) is 54.0 Å². The predicted octanol–water partition coefficient (Wildman–Crippen LogP) is 2.47. The lowest BCUT2D eigenvalue weighted by atomic mass is 10.0. The van der Waals surface area contributed by atoms with E-state index >= 15 is 0 Å². The van der Waals surface area contributed by atoms with Gasteiger partial charge in [-0.2, -0.15) is 0 Å². The number of hydrogen-bond acceptors (Lipinski definition) is 4. The highest BCUT2D eigenvalue weighted by atomic mass is 19.4. The number of aliphatic hydroxyl groups is 1. The van der Waals surface area contributed by atoms with Crippen LogP contribution < -0.4 is 15.4 Å². The smallest absolute Gasteiger partial charge is 0.403 e. The number of anilines is 1. The lowest BCUT2D eigenvalue weighted by Crippen LogP contribution is -2.48. The molecule has 0 radical (unpaired) electrons. The number of nitrogens with one attached hydrogen (secondary N) is 2. The summed E-state index contributed by atoms with van der Waals surface area (Å²) in [5, 5.41) is 14.0. The zero-order valence-corrected chi connectivity index (χ0v) is 15.1. The molecule has 11 heteroatoms. The monoisotopic (exact) mass is 407 g/mol. The number of hydrogen-bond donors (Lipinski definition) is 3. The third kappa shape index (κ3) is 6.25. The number of likely N-dealkylation sites (tertiary alicyclic amines) is 1. The minimum atomic E-state index is -5.02. The molecule has 156 valence electrons. The third-order valence-electron chi connectivity index (χ3n) is 4.25. The molecule has 1 aromatic carbocycles. The van der Waals surface area contributed by atoms with Crippen LogP contribution in [-0.2, 0) is 4.79 Å². The lowest BCUT2D eigenvalue weighted by Gasteiger charge is -2.33. The van der Waals surface area contributed by atoms with Crippen molar-refractivity contribution in [2.75, 3.05) is 25.0 Å². The minimum absolute atomic E-state index is 0.0334. The SMILES string of the molecule is C[C@@H](CO)C(=O)N1CCC(NC(=O)Nc2ccc(OC(F)(F)F)c(F)c2)CC1. The molecule has 1 atom stereocenters. The average Bonchev–Trinajstić information content (AvgIpc) is 2.62. The Morgan fingerprint density at radius 1 is 1.32 bits per heavy atom. The molecule has 1 aliphatic rings. The van der Waals surface area contributed by atoms with Gasteiger partial charge in [0.25, 0.3) is 0 Å². The van der Waals surface area contributed by atoms with Crippen molar-refractivity contribution in [2.24, 2.45) is 5.92 Å². The first-order valence-corrected chi connectivity index (χ1v) is 8.61. The molecule has 1 aromatic rings. The molecule has 0 bridgehead atoms. The van der Waals surface area contributed by atoms with Crippen LogP contribution in [0.15, 0.2) is 18.2 Å². The fourth-order valence-corrected chi connectivity index (χ4v) is 2.77. The van der Waals surface area contributed by atoms with Crippen molar-refractivity contribution < 1.29 is 37.0 Å². The van der Waals surface area contributed by atoms with E-state index in [1.807, 2.05) is 0 Å². The van der Waals surface area contributed by atoms with E-state index < -0.39 is 29.9 Å². The van der Waals surface area contributed by atoms with Crippen LogP contribution in [0.5, 0.6) is 5.75 Å². The maximum atomic E-state index is 13.7. The van der Waals surface area contributed by atoms with Crippen LogP contribution >= 0.6 is 0 Å². The van der Waals surface area contributed by atoms with Gasteiger partial charge in [-0.15, -0.1) is 13.2 Å². The fraction of sp³-hybridized carbons (Fsp3) is 0.529. The number of benzene rings is 1. The number of rotatable bonds is 5. The summed E-state index contributed by atoms with van der Waals surface area (Å²) in [6, 6.07) is 1.72. The van der Waals surface area contributed by atoms with Crippen LogP contribution in [0.2, 0.25) is 0 Å². The van der Waals surface area contributed by atoms with Crippen LogP contribution in [0.1, 0.15) is 19.8 Å². The van der Waals surface area contributed by atoms with Crippen molar-refractivity contribution in [1.82, 2.24) is 10.2 Å². The van der Waals surface area contributed by atoms with Crippen molar-refractivity contribution in [1.29, 1.82) is 0 Å². The van der Waals surface area contributed by atoms with Crippen LogP contribution in [0.25, 0.3) is 0 Å². The number of piperidine rings is 1. The largest absolute Gasteiger partial charge is 0.573 e. The second kappa shape index (κ2) is 9.09. The van der Waals surface area contributed by atoms with Gasteiger partial charge in [0.1, 0.15) is 0 Å². The molecular weight excluding hydrogens is 386 g/mol. The summed E-state index contributed by atoms with van der Waals surface area (Å²) in [5.41, 5.74) is -0.0334. The molecule has 0 aliphatic carbocycles. The average molecular weight is 407 g/mol. The van der Waals surface area contributed by atoms with E-state index in [-0.39, 0.29) is 24.2 Å². The van der Waals surface area contributed by atoms with Gasteiger partial charge in [0.2, 0.25) is 5.91 Å². The molecule has 0 unspecified atom stereocenters. The zero-order chi connectivity index (χ0) is 20.9. The number of carbonyl (C=O) groups excluding carboxylic acids is 2. The van der Waals surface area contributed by atoms with Gasteiger partial charge in [-0.1, -0.05) is 6.92 Å². The molecule has 3 N–H and O–H groups in total. The maximum absolute atomic E-state index is 13.7. The topological polar surface area (TPSA) is 90.9 Å². The van der Waals surface area contributed by atoms with E-state index in [0.29, 0.717) is 25.9 Å². The fourth-order valence-electron chi connectivity index (χ4n) is 2.77. The van der Waals surface area contributed by atoms with E-state index in [9.17, 15) is 27.2 Å².